The topological polar surface area (TPSA) is 0 Å². The van der Waals surface area contributed by atoms with Gasteiger partial charge in [-0.1, -0.05) is 141 Å². The Balaban J connectivity index is 1.58. The van der Waals surface area contributed by atoms with Gasteiger partial charge in [0, 0.05) is 5.66 Å². The lowest BCUT2D eigenvalue weighted by Gasteiger charge is -2.28. The highest BCUT2D eigenvalue weighted by atomic mass is 31.1. The molecule has 0 bridgehead atoms. The smallest absolute Gasteiger partial charge is 0.0132 e. The van der Waals surface area contributed by atoms with Crippen molar-refractivity contribution < 1.29 is 0 Å². The van der Waals surface area contributed by atoms with Crippen LogP contribution in [-0.2, 0) is 12.6 Å². The summed E-state index contributed by atoms with van der Waals surface area (Å²) in [5.41, 5.74) is 7.73. The second kappa shape index (κ2) is 9.05. The summed E-state index contributed by atoms with van der Waals surface area (Å²) in [5, 5.41) is 6.88. The second-order valence-electron chi connectivity index (χ2n) is 9.74. The van der Waals surface area contributed by atoms with Crippen LogP contribution in [0.5, 0.6) is 0 Å². The highest BCUT2D eigenvalue weighted by Crippen LogP contribution is 2.60. The Labute approximate surface area is 214 Å². The number of fused-ring (bicyclic) bond motifs is 7. The van der Waals surface area contributed by atoms with Crippen molar-refractivity contribution in [2.24, 2.45) is 0 Å². The van der Waals surface area contributed by atoms with Gasteiger partial charge in [-0.25, -0.2) is 0 Å². The molecule has 0 saturated heterocycles. The lowest BCUT2D eigenvalue weighted by atomic mass is 9.86. The molecule has 0 saturated carbocycles. The van der Waals surface area contributed by atoms with Crippen molar-refractivity contribution in [1.29, 1.82) is 0 Å². The molecule has 2 atom stereocenters. The zero-order valence-corrected chi connectivity index (χ0v) is 21.0. The zero-order chi connectivity index (χ0) is 23.9. The van der Waals surface area contributed by atoms with Gasteiger partial charge in [-0.05, 0) is 67.2 Å². The Morgan fingerprint density at radius 3 is 1.83 bits per heavy atom. The standard InChI is InChI=1S/C35H27P/c1-3-11-25(12-4-1)23-33-32-22-21-27-14-8-10-18-31(27)35(32)34-28(20-19-26-13-7-9-17-30(26)34)24-36(33)29-15-5-2-6-16-29/h1-22,33H,23-24H2/t33-,36?/m0/s1. The molecule has 0 aromatic heterocycles. The minimum Gasteiger partial charge on any atom is -0.0628 e. The molecule has 7 rings (SSSR count). The van der Waals surface area contributed by atoms with Crippen molar-refractivity contribution in [3.8, 4) is 11.1 Å². The summed E-state index contributed by atoms with van der Waals surface area (Å²) in [6.45, 7) is 0. The first-order valence-corrected chi connectivity index (χ1v) is 14.3. The fraction of sp³-hybridized carbons (Fsp3) is 0.0857. The molecule has 1 aliphatic rings. The van der Waals surface area contributed by atoms with Gasteiger partial charge in [0.1, 0.15) is 0 Å². The first-order chi connectivity index (χ1) is 17.9. The van der Waals surface area contributed by atoms with Crippen molar-refractivity contribution in [3.63, 3.8) is 0 Å². The number of rotatable bonds is 3. The van der Waals surface area contributed by atoms with E-state index in [0.29, 0.717) is 5.66 Å². The molecule has 0 nitrogen and oxygen atoms in total. The van der Waals surface area contributed by atoms with Gasteiger partial charge in [0.05, 0.1) is 0 Å². The maximum absolute atomic E-state index is 2.44. The first kappa shape index (κ1) is 21.5. The minimum atomic E-state index is -0.465. The van der Waals surface area contributed by atoms with Gasteiger partial charge >= 0.3 is 0 Å². The van der Waals surface area contributed by atoms with E-state index < -0.39 is 7.92 Å². The van der Waals surface area contributed by atoms with E-state index in [1.807, 2.05) is 0 Å². The van der Waals surface area contributed by atoms with Crippen LogP contribution in [0.1, 0.15) is 22.3 Å². The molecule has 36 heavy (non-hydrogen) atoms. The third-order valence-electron chi connectivity index (χ3n) is 7.66. The third-order valence-corrected chi connectivity index (χ3v) is 10.5. The van der Waals surface area contributed by atoms with E-state index in [4.69, 9.17) is 0 Å². The molecule has 0 radical (unpaired) electrons. The van der Waals surface area contributed by atoms with Crippen molar-refractivity contribution in [2.75, 3.05) is 0 Å². The molecule has 0 N–H and O–H groups in total. The number of hydrogen-bond acceptors (Lipinski definition) is 0. The molecular weight excluding hydrogens is 451 g/mol. The molecule has 0 spiro atoms. The van der Waals surface area contributed by atoms with Crippen LogP contribution in [0.4, 0.5) is 0 Å². The normalized spacial score (nSPS) is 16.9. The SMILES string of the molecule is c1ccc(C[C@H]2c3ccc4ccccc4c3-c3c(ccc4ccccc34)CP2c2ccccc2)cc1. The van der Waals surface area contributed by atoms with Gasteiger partial charge in [-0.15, -0.1) is 0 Å². The average molecular weight is 479 g/mol. The van der Waals surface area contributed by atoms with Gasteiger partial charge in [0.15, 0.2) is 0 Å². The predicted molar refractivity (Wildman–Crippen MR) is 156 cm³/mol. The summed E-state index contributed by atoms with van der Waals surface area (Å²) >= 11 is 0. The lowest BCUT2D eigenvalue weighted by Crippen LogP contribution is -2.11. The van der Waals surface area contributed by atoms with Gasteiger partial charge in [-0.2, -0.15) is 0 Å². The van der Waals surface area contributed by atoms with E-state index in [2.05, 4.69) is 133 Å². The summed E-state index contributed by atoms with van der Waals surface area (Å²) in [6, 6.07) is 49.8. The minimum absolute atomic E-state index is 0.440. The summed E-state index contributed by atoms with van der Waals surface area (Å²) in [6.07, 6.45) is 2.15. The summed E-state index contributed by atoms with van der Waals surface area (Å²) in [5.74, 6) is 0. The molecule has 0 fully saturated rings. The van der Waals surface area contributed by atoms with Crippen LogP contribution in [0.2, 0.25) is 0 Å². The van der Waals surface area contributed by atoms with E-state index in [9.17, 15) is 0 Å². The fourth-order valence-corrected chi connectivity index (χ4v) is 8.93. The highest BCUT2D eigenvalue weighted by molar-refractivity contribution is 7.65. The molecule has 6 aromatic rings. The van der Waals surface area contributed by atoms with Crippen molar-refractivity contribution in [1.82, 2.24) is 0 Å². The van der Waals surface area contributed by atoms with Gasteiger partial charge in [-0.3, -0.25) is 0 Å². The van der Waals surface area contributed by atoms with E-state index in [-0.39, 0.29) is 0 Å². The fourth-order valence-electron chi connectivity index (χ4n) is 6.00. The van der Waals surface area contributed by atoms with Gasteiger partial charge in [0.25, 0.3) is 0 Å². The van der Waals surface area contributed by atoms with Crippen LogP contribution >= 0.6 is 7.92 Å². The van der Waals surface area contributed by atoms with Crippen LogP contribution < -0.4 is 5.30 Å². The van der Waals surface area contributed by atoms with Crippen LogP contribution in [0.25, 0.3) is 32.7 Å². The van der Waals surface area contributed by atoms with Crippen LogP contribution in [0, 0.1) is 0 Å². The van der Waals surface area contributed by atoms with Crippen molar-refractivity contribution in [3.05, 3.63) is 150 Å². The molecule has 6 aromatic carbocycles. The molecule has 1 heteroatoms. The Morgan fingerprint density at radius 1 is 0.528 bits per heavy atom. The van der Waals surface area contributed by atoms with Gasteiger partial charge in [0.2, 0.25) is 0 Å². The summed E-state index contributed by atoms with van der Waals surface area (Å²) in [4.78, 5) is 0. The average Bonchev–Trinajstić information content (AvgIpc) is 3.09. The number of hydrogen-bond donors (Lipinski definition) is 0. The van der Waals surface area contributed by atoms with Gasteiger partial charge < -0.3 is 0 Å². The molecule has 1 heterocycles. The van der Waals surface area contributed by atoms with Crippen molar-refractivity contribution >= 4 is 34.8 Å². The lowest BCUT2D eigenvalue weighted by molar-refractivity contribution is 0.923. The van der Waals surface area contributed by atoms with E-state index in [0.717, 1.165) is 12.6 Å². The largest absolute Gasteiger partial charge is 0.0628 e. The molecule has 0 aliphatic carbocycles. The summed E-state index contributed by atoms with van der Waals surface area (Å²) in [7, 11) is -0.465. The molecular formula is C35H27P. The summed E-state index contributed by atoms with van der Waals surface area (Å²) < 4.78 is 0. The van der Waals surface area contributed by atoms with E-state index >= 15 is 0 Å². The van der Waals surface area contributed by atoms with E-state index in [1.54, 1.807) is 0 Å². The zero-order valence-electron chi connectivity index (χ0n) is 20.1. The Kier molecular flexibility index (Phi) is 5.42. The Bertz CT molecular complexity index is 1680. The highest BCUT2D eigenvalue weighted by Gasteiger charge is 2.33. The molecule has 1 aliphatic heterocycles. The van der Waals surface area contributed by atoms with E-state index in [1.165, 1.54) is 54.7 Å². The Hall–Kier alpha value is -3.73. The first-order valence-electron chi connectivity index (χ1n) is 12.7. The van der Waals surface area contributed by atoms with Crippen LogP contribution in [0.3, 0.4) is 0 Å². The third kappa shape index (κ3) is 3.65. The van der Waals surface area contributed by atoms with Crippen molar-refractivity contribution in [2.45, 2.75) is 18.2 Å². The monoisotopic (exact) mass is 478 g/mol. The second-order valence-corrected chi connectivity index (χ2v) is 12.1. The quantitative estimate of drug-likeness (QED) is 0.222. The van der Waals surface area contributed by atoms with Crippen LogP contribution in [-0.4, -0.2) is 0 Å². The van der Waals surface area contributed by atoms with Crippen LogP contribution in [0.15, 0.2) is 133 Å². The maximum atomic E-state index is 2.44. The molecule has 1 unspecified atom stereocenters. The predicted octanol–water partition coefficient (Wildman–Crippen LogP) is 9.26. The maximum Gasteiger partial charge on any atom is 0.0132 e. The molecule has 0 amide bonds. The molecule has 172 valence electrons. The number of benzene rings is 6. The Morgan fingerprint density at radius 2 is 1.11 bits per heavy atom.